The standard InChI is InChI=1S/C20H16O6S/c1-23-13-8-12-15(20(25-3)19(13)24-2)16(21)17(22)18(26-12)11-9-27-14-7-5-4-6-10(11)14/h4-9,22H,1-3H3. The lowest BCUT2D eigenvalue weighted by Crippen LogP contribution is -2.06. The van der Waals surface area contributed by atoms with E-state index in [1.54, 1.807) is 6.07 Å². The van der Waals surface area contributed by atoms with Crippen molar-refractivity contribution in [1.82, 2.24) is 0 Å². The highest BCUT2D eigenvalue weighted by Gasteiger charge is 2.25. The van der Waals surface area contributed by atoms with Gasteiger partial charge >= 0.3 is 0 Å². The summed E-state index contributed by atoms with van der Waals surface area (Å²) in [5, 5.41) is 13.5. The van der Waals surface area contributed by atoms with Crippen LogP contribution in [0.5, 0.6) is 23.0 Å². The second-order valence-corrected chi connectivity index (χ2v) is 6.68. The molecular formula is C20H16O6S. The predicted octanol–water partition coefficient (Wildman–Crippen LogP) is 4.41. The van der Waals surface area contributed by atoms with Gasteiger partial charge in [0.25, 0.3) is 0 Å². The number of aromatic hydroxyl groups is 1. The zero-order valence-electron chi connectivity index (χ0n) is 14.9. The van der Waals surface area contributed by atoms with Crippen molar-refractivity contribution in [3.8, 4) is 34.3 Å². The first kappa shape index (κ1) is 17.2. The minimum atomic E-state index is -0.598. The van der Waals surface area contributed by atoms with Gasteiger partial charge < -0.3 is 23.7 Å². The number of hydrogen-bond donors (Lipinski definition) is 1. The van der Waals surface area contributed by atoms with Gasteiger partial charge in [0, 0.05) is 27.1 Å². The van der Waals surface area contributed by atoms with E-state index in [9.17, 15) is 9.90 Å². The molecule has 4 aromatic rings. The summed E-state index contributed by atoms with van der Waals surface area (Å²) in [5.74, 6) is 0.401. The summed E-state index contributed by atoms with van der Waals surface area (Å²) in [6, 6.07) is 9.26. The maximum Gasteiger partial charge on any atom is 0.238 e. The lowest BCUT2D eigenvalue weighted by Gasteiger charge is -2.14. The molecule has 4 rings (SSSR count). The third kappa shape index (κ3) is 2.50. The first-order valence-electron chi connectivity index (χ1n) is 8.06. The van der Waals surface area contributed by atoms with Gasteiger partial charge in [-0.1, -0.05) is 18.2 Å². The van der Waals surface area contributed by atoms with Crippen LogP contribution in [0.2, 0.25) is 0 Å². The molecule has 0 radical (unpaired) electrons. The summed E-state index contributed by atoms with van der Waals surface area (Å²) < 4.78 is 23.0. The van der Waals surface area contributed by atoms with E-state index in [4.69, 9.17) is 18.6 Å². The van der Waals surface area contributed by atoms with Gasteiger partial charge in [-0.25, -0.2) is 0 Å². The fraction of sp³-hybridized carbons (Fsp3) is 0.150. The Morgan fingerprint density at radius 2 is 1.78 bits per heavy atom. The van der Waals surface area contributed by atoms with E-state index in [1.807, 2.05) is 29.6 Å². The molecule has 2 aromatic heterocycles. The normalized spacial score (nSPS) is 11.1. The quantitative estimate of drug-likeness (QED) is 0.562. The molecule has 0 spiro atoms. The number of fused-ring (bicyclic) bond motifs is 2. The van der Waals surface area contributed by atoms with Gasteiger partial charge in [-0.3, -0.25) is 4.79 Å². The minimum absolute atomic E-state index is 0.0935. The molecule has 138 valence electrons. The Morgan fingerprint density at radius 1 is 1.04 bits per heavy atom. The first-order chi connectivity index (χ1) is 13.1. The van der Waals surface area contributed by atoms with Crippen molar-refractivity contribution < 1.29 is 23.7 Å². The van der Waals surface area contributed by atoms with Crippen LogP contribution in [0.3, 0.4) is 0 Å². The molecule has 27 heavy (non-hydrogen) atoms. The van der Waals surface area contributed by atoms with Crippen LogP contribution >= 0.6 is 11.3 Å². The highest BCUT2D eigenvalue weighted by atomic mass is 32.1. The molecule has 6 nitrogen and oxygen atoms in total. The van der Waals surface area contributed by atoms with Gasteiger partial charge in [0.2, 0.25) is 16.9 Å². The van der Waals surface area contributed by atoms with Crippen LogP contribution in [0.4, 0.5) is 0 Å². The Labute approximate surface area is 158 Å². The van der Waals surface area contributed by atoms with Gasteiger partial charge in [0.05, 0.1) is 21.3 Å². The molecule has 0 atom stereocenters. The fourth-order valence-electron chi connectivity index (χ4n) is 3.15. The highest BCUT2D eigenvalue weighted by molar-refractivity contribution is 7.17. The van der Waals surface area contributed by atoms with Gasteiger partial charge in [-0.05, 0) is 6.07 Å². The smallest absolute Gasteiger partial charge is 0.238 e. The van der Waals surface area contributed by atoms with Crippen LogP contribution in [0.25, 0.3) is 32.4 Å². The third-order valence-corrected chi connectivity index (χ3v) is 5.35. The summed E-state index contributed by atoms with van der Waals surface area (Å²) in [7, 11) is 4.34. The minimum Gasteiger partial charge on any atom is -0.502 e. The van der Waals surface area contributed by atoms with E-state index in [-0.39, 0.29) is 28.2 Å². The zero-order chi connectivity index (χ0) is 19.1. The Morgan fingerprint density at radius 3 is 2.48 bits per heavy atom. The van der Waals surface area contributed by atoms with Crippen LogP contribution in [-0.2, 0) is 0 Å². The van der Waals surface area contributed by atoms with E-state index >= 15 is 0 Å². The van der Waals surface area contributed by atoms with E-state index in [1.165, 1.54) is 32.7 Å². The lowest BCUT2D eigenvalue weighted by molar-refractivity contribution is 0.326. The SMILES string of the molecule is COc1cc2oc(-c3csc4ccccc34)c(O)c(=O)c2c(OC)c1OC. The van der Waals surface area contributed by atoms with E-state index in [0.29, 0.717) is 11.3 Å². The Bertz CT molecular complexity index is 1220. The Hall–Kier alpha value is -3.19. The summed E-state index contributed by atoms with van der Waals surface area (Å²) in [6.07, 6.45) is 0. The Kier molecular flexibility index (Phi) is 4.16. The van der Waals surface area contributed by atoms with Crippen LogP contribution in [0, 0.1) is 0 Å². The first-order valence-corrected chi connectivity index (χ1v) is 8.94. The predicted molar refractivity (Wildman–Crippen MR) is 105 cm³/mol. The van der Waals surface area contributed by atoms with Gasteiger partial charge in [0.1, 0.15) is 11.0 Å². The molecular weight excluding hydrogens is 368 g/mol. The number of hydrogen-bond acceptors (Lipinski definition) is 7. The molecule has 0 bridgehead atoms. The number of ether oxygens (including phenoxy) is 3. The van der Waals surface area contributed by atoms with Crippen molar-refractivity contribution in [2.24, 2.45) is 0 Å². The van der Waals surface area contributed by atoms with Crippen molar-refractivity contribution in [3.05, 3.63) is 45.9 Å². The summed E-state index contributed by atoms with van der Waals surface area (Å²) in [6.45, 7) is 0. The van der Waals surface area contributed by atoms with Crippen molar-refractivity contribution in [3.63, 3.8) is 0 Å². The van der Waals surface area contributed by atoms with Gasteiger partial charge in [-0.15, -0.1) is 11.3 Å². The molecule has 1 N–H and O–H groups in total. The number of methoxy groups -OCH3 is 3. The fourth-order valence-corrected chi connectivity index (χ4v) is 4.09. The average Bonchev–Trinajstić information content (AvgIpc) is 3.13. The third-order valence-electron chi connectivity index (χ3n) is 4.39. The molecule has 0 amide bonds. The molecule has 0 fully saturated rings. The second kappa shape index (κ2) is 6.51. The summed E-state index contributed by atoms with van der Waals surface area (Å²) >= 11 is 1.51. The molecule has 0 aliphatic rings. The van der Waals surface area contributed by atoms with Gasteiger partial charge in [-0.2, -0.15) is 0 Å². The average molecular weight is 384 g/mol. The molecule has 2 aromatic carbocycles. The number of benzene rings is 2. The second-order valence-electron chi connectivity index (χ2n) is 5.77. The number of thiophene rings is 1. The van der Waals surface area contributed by atoms with Crippen molar-refractivity contribution in [1.29, 1.82) is 0 Å². The maximum absolute atomic E-state index is 12.9. The zero-order valence-corrected chi connectivity index (χ0v) is 15.7. The van der Waals surface area contributed by atoms with E-state index < -0.39 is 11.2 Å². The molecule has 0 saturated carbocycles. The molecule has 0 aliphatic carbocycles. The molecule has 7 heteroatoms. The summed E-state index contributed by atoms with van der Waals surface area (Å²) in [4.78, 5) is 12.9. The lowest BCUT2D eigenvalue weighted by atomic mass is 10.1. The van der Waals surface area contributed by atoms with Crippen LogP contribution in [0.1, 0.15) is 0 Å². The molecule has 0 aliphatic heterocycles. The van der Waals surface area contributed by atoms with Crippen molar-refractivity contribution in [2.45, 2.75) is 0 Å². The molecule has 0 unspecified atom stereocenters. The van der Waals surface area contributed by atoms with Gasteiger partial charge in [0.15, 0.2) is 17.3 Å². The summed E-state index contributed by atoms with van der Waals surface area (Å²) in [5.41, 5.74) is 0.290. The molecule has 2 heterocycles. The largest absolute Gasteiger partial charge is 0.502 e. The topological polar surface area (TPSA) is 78.1 Å². The molecule has 0 saturated heterocycles. The van der Waals surface area contributed by atoms with Crippen molar-refractivity contribution >= 4 is 32.4 Å². The van der Waals surface area contributed by atoms with E-state index in [0.717, 1.165) is 10.1 Å². The van der Waals surface area contributed by atoms with Crippen LogP contribution in [0.15, 0.2) is 44.9 Å². The maximum atomic E-state index is 12.9. The number of rotatable bonds is 4. The van der Waals surface area contributed by atoms with E-state index in [2.05, 4.69) is 0 Å². The van der Waals surface area contributed by atoms with Crippen molar-refractivity contribution in [2.75, 3.05) is 21.3 Å². The highest BCUT2D eigenvalue weighted by Crippen LogP contribution is 2.45. The monoisotopic (exact) mass is 384 g/mol. The Balaban J connectivity index is 2.11. The van der Waals surface area contributed by atoms with Crippen LogP contribution in [-0.4, -0.2) is 26.4 Å². The van der Waals surface area contributed by atoms with Crippen LogP contribution < -0.4 is 19.6 Å².